The summed E-state index contributed by atoms with van der Waals surface area (Å²) in [5.74, 6) is 1.64. The van der Waals surface area contributed by atoms with Gasteiger partial charge in [0.1, 0.15) is 5.82 Å². The number of aryl methyl sites for hydroxylation is 2. The predicted molar refractivity (Wildman–Crippen MR) is 124 cm³/mol. The second-order valence-corrected chi connectivity index (χ2v) is 8.70. The molecule has 0 fully saturated rings. The zero-order valence-corrected chi connectivity index (χ0v) is 18.4. The molecular weight excluding hydrogens is 424 g/mol. The zero-order chi connectivity index (χ0) is 22.1. The summed E-state index contributed by atoms with van der Waals surface area (Å²) in [7, 11) is 1.91. The molecule has 0 saturated heterocycles. The molecule has 162 valence electrons. The molecule has 2 aromatic heterocycles. The third-order valence-electron chi connectivity index (χ3n) is 5.52. The van der Waals surface area contributed by atoms with Gasteiger partial charge in [-0.1, -0.05) is 42.1 Å². The summed E-state index contributed by atoms with van der Waals surface area (Å²) in [4.78, 5) is 33.5. The largest absolute Gasteiger partial charge is 0.346 e. The van der Waals surface area contributed by atoms with E-state index < -0.39 is 0 Å². The van der Waals surface area contributed by atoms with Gasteiger partial charge in [0.15, 0.2) is 5.16 Å². The number of hydrogen-bond acceptors (Lipinski definition) is 5. The molecule has 1 aliphatic rings. The summed E-state index contributed by atoms with van der Waals surface area (Å²) in [5, 5.41) is 6.61. The highest BCUT2D eigenvalue weighted by molar-refractivity contribution is 7.99. The van der Waals surface area contributed by atoms with E-state index in [4.69, 9.17) is 4.98 Å². The van der Waals surface area contributed by atoms with Gasteiger partial charge in [-0.3, -0.25) is 9.59 Å². The number of anilines is 1. The fourth-order valence-electron chi connectivity index (χ4n) is 3.97. The minimum Gasteiger partial charge on any atom is -0.346 e. The lowest BCUT2D eigenvalue weighted by Gasteiger charge is -2.09. The van der Waals surface area contributed by atoms with E-state index >= 15 is 0 Å². The van der Waals surface area contributed by atoms with Crippen LogP contribution in [0, 0.1) is 0 Å². The van der Waals surface area contributed by atoms with Crippen molar-refractivity contribution in [2.75, 3.05) is 11.1 Å². The molecule has 1 aliphatic heterocycles. The molecule has 32 heavy (non-hydrogen) atoms. The lowest BCUT2D eigenvalue weighted by Crippen LogP contribution is -2.24. The highest BCUT2D eigenvalue weighted by Gasteiger charge is 2.20. The first-order valence-electron chi connectivity index (χ1n) is 10.3. The van der Waals surface area contributed by atoms with Crippen LogP contribution in [0.15, 0.2) is 53.8 Å². The zero-order valence-electron chi connectivity index (χ0n) is 17.5. The summed E-state index contributed by atoms with van der Waals surface area (Å²) in [6.45, 7) is 1.28. The number of rotatable bonds is 7. The van der Waals surface area contributed by atoms with Crippen LogP contribution in [-0.2, 0) is 31.4 Å². The number of thioether (sulfide) groups is 1. The molecule has 2 amide bonds. The van der Waals surface area contributed by atoms with Gasteiger partial charge in [0.2, 0.25) is 6.41 Å². The van der Waals surface area contributed by atoms with Crippen LogP contribution in [0.3, 0.4) is 0 Å². The number of nitrogens with one attached hydrogen (secondary N) is 2. The average Bonchev–Trinajstić information content (AvgIpc) is 3.47. The van der Waals surface area contributed by atoms with Gasteiger partial charge < -0.3 is 19.8 Å². The molecule has 3 heterocycles. The molecule has 8 nitrogen and oxygen atoms in total. The Kier molecular flexibility index (Phi) is 5.40. The van der Waals surface area contributed by atoms with Crippen molar-refractivity contribution in [2.24, 2.45) is 7.05 Å². The Bertz CT molecular complexity index is 1290. The van der Waals surface area contributed by atoms with E-state index in [9.17, 15) is 9.59 Å². The Labute approximate surface area is 189 Å². The monoisotopic (exact) mass is 446 g/mol. The molecule has 9 heteroatoms. The predicted octanol–water partition coefficient (Wildman–Crippen LogP) is 2.96. The molecule has 0 atom stereocenters. The molecule has 0 bridgehead atoms. The fourth-order valence-corrected chi connectivity index (χ4v) is 4.94. The Morgan fingerprint density at radius 2 is 2.06 bits per heavy atom. The van der Waals surface area contributed by atoms with Crippen molar-refractivity contribution in [1.82, 2.24) is 24.4 Å². The quantitative estimate of drug-likeness (QED) is 0.426. The van der Waals surface area contributed by atoms with Crippen LogP contribution in [0.1, 0.15) is 27.4 Å². The maximum Gasteiger partial charge on any atom is 0.253 e. The molecule has 0 radical (unpaired) electrons. The third-order valence-corrected chi connectivity index (χ3v) is 6.49. The molecule has 2 aromatic carbocycles. The van der Waals surface area contributed by atoms with Crippen molar-refractivity contribution in [1.29, 1.82) is 0 Å². The molecular formula is C23H22N6O2S. The first kappa shape index (κ1) is 20.3. The van der Waals surface area contributed by atoms with Gasteiger partial charge in [0.05, 0.1) is 28.8 Å². The van der Waals surface area contributed by atoms with Gasteiger partial charge in [-0.2, -0.15) is 0 Å². The van der Waals surface area contributed by atoms with Gasteiger partial charge in [0.25, 0.3) is 5.91 Å². The number of amides is 2. The third kappa shape index (κ3) is 3.87. The van der Waals surface area contributed by atoms with E-state index in [-0.39, 0.29) is 5.91 Å². The number of carbonyl (C=O) groups is 2. The number of imidazole rings is 2. The van der Waals surface area contributed by atoms with Gasteiger partial charge in [-0.25, -0.2) is 9.97 Å². The van der Waals surface area contributed by atoms with Crippen LogP contribution in [0.25, 0.3) is 11.0 Å². The number of nitrogens with zero attached hydrogens (tertiary/aromatic N) is 4. The molecule has 2 N–H and O–H groups in total. The summed E-state index contributed by atoms with van der Waals surface area (Å²) >= 11 is 1.72. The highest BCUT2D eigenvalue weighted by atomic mass is 32.2. The lowest BCUT2D eigenvalue weighted by atomic mass is 10.1. The minimum absolute atomic E-state index is 0.236. The van der Waals surface area contributed by atoms with E-state index in [1.165, 1.54) is 0 Å². The average molecular weight is 447 g/mol. The van der Waals surface area contributed by atoms with Gasteiger partial charge in [-0.05, 0) is 17.7 Å². The van der Waals surface area contributed by atoms with E-state index in [2.05, 4.69) is 20.2 Å². The number of hydrogen-bond donors (Lipinski definition) is 2. The second kappa shape index (κ2) is 8.51. The molecule has 0 aliphatic carbocycles. The first-order chi connectivity index (χ1) is 15.6. The Morgan fingerprint density at radius 1 is 1.22 bits per heavy atom. The fraction of sp³-hybridized carbons (Fsp3) is 0.217. The Morgan fingerprint density at radius 3 is 2.84 bits per heavy atom. The van der Waals surface area contributed by atoms with E-state index in [1.54, 1.807) is 23.9 Å². The first-order valence-corrected chi connectivity index (χ1v) is 11.3. The Balaban J connectivity index is 1.46. The van der Waals surface area contributed by atoms with E-state index in [0.717, 1.165) is 40.1 Å². The van der Waals surface area contributed by atoms with E-state index in [1.807, 2.05) is 48.1 Å². The summed E-state index contributed by atoms with van der Waals surface area (Å²) in [6, 6.07) is 13.5. The van der Waals surface area contributed by atoms with Gasteiger partial charge in [0, 0.05) is 37.7 Å². The highest BCUT2D eigenvalue weighted by Crippen LogP contribution is 2.27. The molecule has 5 rings (SSSR count). The standard InChI is InChI=1S/C23H22N6O2S/c1-28-20(9-15-5-3-2-4-6-15)27-19-11-16(25-14-30)10-18(21(19)28)22(31)24-12-17-13-29-7-8-32-23(29)26-17/h2-6,10-11,13-14H,7-9,12H2,1H3,(H,24,31)(H,25,30). The van der Waals surface area contributed by atoms with Gasteiger partial charge in [-0.15, -0.1) is 0 Å². The normalized spacial score (nSPS) is 12.7. The molecule has 4 aromatic rings. The number of aromatic nitrogens is 4. The van der Waals surface area contributed by atoms with Crippen molar-refractivity contribution in [3.05, 3.63) is 71.3 Å². The van der Waals surface area contributed by atoms with Crippen molar-refractivity contribution in [3.63, 3.8) is 0 Å². The maximum atomic E-state index is 13.2. The van der Waals surface area contributed by atoms with Crippen molar-refractivity contribution in [2.45, 2.75) is 24.7 Å². The number of fused-ring (bicyclic) bond motifs is 2. The smallest absolute Gasteiger partial charge is 0.253 e. The van der Waals surface area contributed by atoms with Crippen LogP contribution in [-0.4, -0.2) is 37.2 Å². The lowest BCUT2D eigenvalue weighted by molar-refractivity contribution is -0.105. The Hall–Kier alpha value is -3.59. The topological polar surface area (TPSA) is 93.8 Å². The van der Waals surface area contributed by atoms with Crippen LogP contribution in [0.4, 0.5) is 5.69 Å². The molecule has 0 spiro atoms. The van der Waals surface area contributed by atoms with Crippen LogP contribution in [0.5, 0.6) is 0 Å². The maximum absolute atomic E-state index is 13.2. The molecule has 0 unspecified atom stereocenters. The number of benzene rings is 2. The van der Waals surface area contributed by atoms with Crippen molar-refractivity contribution in [3.8, 4) is 0 Å². The van der Waals surface area contributed by atoms with Crippen LogP contribution >= 0.6 is 11.8 Å². The van der Waals surface area contributed by atoms with E-state index in [0.29, 0.717) is 36.1 Å². The van der Waals surface area contributed by atoms with Gasteiger partial charge >= 0.3 is 0 Å². The number of carbonyl (C=O) groups excluding carboxylic acids is 2. The summed E-state index contributed by atoms with van der Waals surface area (Å²) in [6.07, 6.45) is 3.22. The summed E-state index contributed by atoms with van der Waals surface area (Å²) in [5.41, 5.74) is 4.34. The van der Waals surface area contributed by atoms with Crippen LogP contribution < -0.4 is 10.6 Å². The SMILES string of the molecule is Cn1c(Cc2ccccc2)nc2cc(NC=O)cc(C(=O)NCc3cn4c(n3)SCC4)c21. The summed E-state index contributed by atoms with van der Waals surface area (Å²) < 4.78 is 4.06. The van der Waals surface area contributed by atoms with Crippen LogP contribution in [0.2, 0.25) is 0 Å². The van der Waals surface area contributed by atoms with Crippen molar-refractivity contribution >= 4 is 40.8 Å². The molecule has 0 saturated carbocycles. The van der Waals surface area contributed by atoms with Crippen molar-refractivity contribution < 1.29 is 9.59 Å². The second-order valence-electron chi connectivity index (χ2n) is 7.64. The minimum atomic E-state index is -0.236.